The monoisotopic (exact) mass is 414 g/mol. The van der Waals surface area contributed by atoms with Crippen molar-refractivity contribution in [3.8, 4) is 22.9 Å². The van der Waals surface area contributed by atoms with Gasteiger partial charge >= 0.3 is 5.97 Å². The average Bonchev–Trinajstić information content (AvgIpc) is 2.79. The van der Waals surface area contributed by atoms with Gasteiger partial charge in [-0.1, -0.05) is 54.6 Å². The SMILES string of the molecule is CCOC(=O)CCC(=O)c1nc(Cc2ccccc2-c2ccccc2)cc(C#N)c1O. The minimum absolute atomic E-state index is 0.0262. The highest BCUT2D eigenvalue weighted by Gasteiger charge is 2.20. The molecule has 0 aliphatic carbocycles. The van der Waals surface area contributed by atoms with Crippen LogP contribution in [-0.2, 0) is 16.0 Å². The molecule has 0 aliphatic heterocycles. The molecule has 6 heteroatoms. The van der Waals surface area contributed by atoms with Crippen LogP contribution < -0.4 is 0 Å². The highest BCUT2D eigenvalue weighted by Crippen LogP contribution is 2.28. The number of ether oxygens (including phenoxy) is 1. The molecule has 0 aliphatic rings. The molecule has 0 saturated heterocycles. The molecule has 0 bridgehead atoms. The van der Waals surface area contributed by atoms with Crippen molar-refractivity contribution in [1.82, 2.24) is 4.98 Å². The fourth-order valence-electron chi connectivity index (χ4n) is 3.30. The summed E-state index contributed by atoms with van der Waals surface area (Å²) >= 11 is 0. The van der Waals surface area contributed by atoms with Crippen LogP contribution in [0.1, 0.15) is 47.1 Å². The molecule has 1 heterocycles. The number of rotatable bonds is 8. The van der Waals surface area contributed by atoms with E-state index in [2.05, 4.69) is 4.98 Å². The van der Waals surface area contributed by atoms with E-state index in [0.29, 0.717) is 12.1 Å². The Morgan fingerprint density at radius 1 is 1.06 bits per heavy atom. The number of aromatic hydroxyl groups is 1. The molecule has 1 aromatic heterocycles. The molecule has 3 aromatic rings. The number of ketones is 1. The number of carbonyl (C=O) groups is 2. The molecule has 1 N–H and O–H groups in total. The number of Topliss-reactive ketones (excluding diaryl/α,β-unsaturated/α-hetero) is 1. The first-order valence-electron chi connectivity index (χ1n) is 9.98. The summed E-state index contributed by atoms with van der Waals surface area (Å²) in [7, 11) is 0. The van der Waals surface area contributed by atoms with E-state index in [1.54, 1.807) is 6.92 Å². The van der Waals surface area contributed by atoms with E-state index < -0.39 is 17.5 Å². The lowest BCUT2D eigenvalue weighted by Gasteiger charge is -2.12. The zero-order valence-electron chi connectivity index (χ0n) is 17.2. The normalized spacial score (nSPS) is 10.3. The smallest absolute Gasteiger partial charge is 0.306 e. The Balaban J connectivity index is 1.92. The molecule has 0 radical (unpaired) electrons. The number of aromatic nitrogens is 1. The van der Waals surface area contributed by atoms with Gasteiger partial charge in [0.15, 0.2) is 11.5 Å². The first kappa shape index (κ1) is 21.7. The van der Waals surface area contributed by atoms with Crippen molar-refractivity contribution >= 4 is 11.8 Å². The summed E-state index contributed by atoms with van der Waals surface area (Å²) in [6.07, 6.45) is 0.100. The molecule has 31 heavy (non-hydrogen) atoms. The van der Waals surface area contributed by atoms with E-state index in [0.717, 1.165) is 16.7 Å². The number of carbonyl (C=O) groups excluding carboxylic acids is 2. The Bertz CT molecular complexity index is 1130. The fraction of sp³-hybridized carbons (Fsp3) is 0.200. The standard InChI is InChI=1S/C25H22N2O4/c1-2-31-23(29)13-12-22(28)24-25(30)19(16-26)15-20(27-24)14-18-10-6-7-11-21(18)17-8-4-3-5-9-17/h3-11,15,30H,2,12-14H2,1H3. The van der Waals surface area contributed by atoms with Gasteiger partial charge < -0.3 is 9.84 Å². The van der Waals surface area contributed by atoms with Crippen LogP contribution in [0.15, 0.2) is 60.7 Å². The molecule has 0 atom stereocenters. The summed E-state index contributed by atoms with van der Waals surface area (Å²) in [6.45, 7) is 1.91. The Hall–Kier alpha value is -3.98. The third-order valence-electron chi connectivity index (χ3n) is 4.77. The van der Waals surface area contributed by atoms with Gasteiger partial charge in [0.2, 0.25) is 0 Å². The molecule has 0 unspecified atom stereocenters. The molecular weight excluding hydrogens is 392 g/mol. The Morgan fingerprint density at radius 3 is 2.48 bits per heavy atom. The van der Waals surface area contributed by atoms with Gasteiger partial charge in [-0.25, -0.2) is 4.98 Å². The Kier molecular flexibility index (Phi) is 7.13. The van der Waals surface area contributed by atoms with E-state index in [1.807, 2.05) is 60.7 Å². The van der Waals surface area contributed by atoms with Crippen LogP contribution in [0.25, 0.3) is 11.1 Å². The molecule has 3 rings (SSSR count). The predicted molar refractivity (Wildman–Crippen MR) is 115 cm³/mol. The highest BCUT2D eigenvalue weighted by molar-refractivity contribution is 5.98. The zero-order valence-corrected chi connectivity index (χ0v) is 17.2. The molecule has 0 saturated carbocycles. The molecule has 2 aromatic carbocycles. The first-order chi connectivity index (χ1) is 15.0. The van der Waals surface area contributed by atoms with E-state index in [4.69, 9.17) is 4.74 Å². The number of benzene rings is 2. The Morgan fingerprint density at radius 2 is 1.77 bits per heavy atom. The quantitative estimate of drug-likeness (QED) is 0.432. The number of nitrogens with zero attached hydrogens (tertiary/aromatic N) is 2. The molecule has 0 fully saturated rings. The number of nitriles is 1. The number of hydrogen-bond acceptors (Lipinski definition) is 6. The largest absolute Gasteiger partial charge is 0.504 e. The third kappa shape index (κ3) is 5.34. The van der Waals surface area contributed by atoms with Crippen molar-refractivity contribution in [2.45, 2.75) is 26.2 Å². The molecule has 6 nitrogen and oxygen atoms in total. The van der Waals surface area contributed by atoms with Crippen molar-refractivity contribution in [2.75, 3.05) is 6.61 Å². The van der Waals surface area contributed by atoms with Gasteiger partial charge in [0.25, 0.3) is 0 Å². The van der Waals surface area contributed by atoms with E-state index in [1.165, 1.54) is 6.07 Å². The molecule has 0 spiro atoms. The lowest BCUT2D eigenvalue weighted by atomic mass is 9.96. The van der Waals surface area contributed by atoms with E-state index >= 15 is 0 Å². The van der Waals surface area contributed by atoms with Gasteiger partial charge in [-0.15, -0.1) is 0 Å². The van der Waals surface area contributed by atoms with Gasteiger partial charge in [0.1, 0.15) is 11.8 Å². The molecule has 156 valence electrons. The van der Waals surface area contributed by atoms with Crippen LogP contribution in [0.4, 0.5) is 0 Å². The van der Waals surface area contributed by atoms with E-state index in [-0.39, 0.29) is 30.7 Å². The van der Waals surface area contributed by atoms with Crippen LogP contribution in [-0.4, -0.2) is 28.4 Å². The second-order valence-corrected chi connectivity index (χ2v) is 6.90. The highest BCUT2D eigenvalue weighted by atomic mass is 16.5. The molecular formula is C25H22N2O4. The maximum absolute atomic E-state index is 12.6. The first-order valence-corrected chi connectivity index (χ1v) is 9.98. The molecule has 0 amide bonds. The van der Waals surface area contributed by atoms with E-state index in [9.17, 15) is 20.0 Å². The average molecular weight is 414 g/mol. The number of hydrogen-bond donors (Lipinski definition) is 1. The summed E-state index contributed by atoms with van der Waals surface area (Å²) in [6, 6.07) is 21.1. The second-order valence-electron chi connectivity index (χ2n) is 6.90. The summed E-state index contributed by atoms with van der Waals surface area (Å²) in [4.78, 5) is 28.5. The van der Waals surface area contributed by atoms with Crippen LogP contribution in [0.2, 0.25) is 0 Å². The fourth-order valence-corrected chi connectivity index (χ4v) is 3.30. The van der Waals surface area contributed by atoms with Crippen LogP contribution in [0, 0.1) is 11.3 Å². The summed E-state index contributed by atoms with van der Waals surface area (Å²) in [5.41, 5.74) is 3.30. The lowest BCUT2D eigenvalue weighted by molar-refractivity contribution is -0.143. The van der Waals surface area contributed by atoms with Gasteiger partial charge in [-0.3, -0.25) is 9.59 Å². The maximum atomic E-state index is 12.6. The zero-order chi connectivity index (χ0) is 22.2. The van der Waals surface area contributed by atoms with Crippen molar-refractivity contribution < 1.29 is 19.4 Å². The van der Waals surface area contributed by atoms with Crippen LogP contribution in [0.3, 0.4) is 0 Å². The minimum atomic E-state index is -0.514. The number of esters is 1. The second kappa shape index (κ2) is 10.2. The topological polar surface area (TPSA) is 100 Å². The maximum Gasteiger partial charge on any atom is 0.306 e. The van der Waals surface area contributed by atoms with Crippen molar-refractivity contribution in [2.24, 2.45) is 0 Å². The predicted octanol–water partition coefficient (Wildman–Crippen LogP) is 4.44. The number of pyridine rings is 1. The van der Waals surface area contributed by atoms with Gasteiger partial charge in [-0.05, 0) is 29.7 Å². The summed E-state index contributed by atoms with van der Waals surface area (Å²) in [5.74, 6) is -1.47. The van der Waals surface area contributed by atoms with Crippen molar-refractivity contribution in [1.29, 1.82) is 5.26 Å². The van der Waals surface area contributed by atoms with Crippen LogP contribution >= 0.6 is 0 Å². The third-order valence-corrected chi connectivity index (χ3v) is 4.77. The van der Waals surface area contributed by atoms with Crippen LogP contribution in [0.5, 0.6) is 5.75 Å². The van der Waals surface area contributed by atoms with Crippen molar-refractivity contribution in [3.05, 3.63) is 83.2 Å². The summed E-state index contributed by atoms with van der Waals surface area (Å²) < 4.78 is 4.83. The van der Waals surface area contributed by atoms with Gasteiger partial charge in [0.05, 0.1) is 18.6 Å². The van der Waals surface area contributed by atoms with Gasteiger partial charge in [0, 0.05) is 18.5 Å². The lowest BCUT2D eigenvalue weighted by Crippen LogP contribution is -2.11. The van der Waals surface area contributed by atoms with Crippen molar-refractivity contribution in [3.63, 3.8) is 0 Å². The summed E-state index contributed by atoms with van der Waals surface area (Å²) in [5, 5.41) is 19.7. The minimum Gasteiger partial charge on any atom is -0.504 e. The van der Waals surface area contributed by atoms with Gasteiger partial charge in [-0.2, -0.15) is 5.26 Å². The Labute approximate surface area is 180 Å².